The Kier molecular flexibility index (Phi) is 9.80. The summed E-state index contributed by atoms with van der Waals surface area (Å²) in [6.45, 7) is 0. The van der Waals surface area contributed by atoms with E-state index >= 15 is 0 Å². The summed E-state index contributed by atoms with van der Waals surface area (Å²) in [4.78, 5) is 15.9. The van der Waals surface area contributed by atoms with Gasteiger partial charge in [0.25, 0.3) is 0 Å². The van der Waals surface area contributed by atoms with Crippen molar-refractivity contribution >= 4 is 58.9 Å². The first-order chi connectivity index (χ1) is 33.7. The maximum atomic E-state index is 5.38. The van der Waals surface area contributed by atoms with Crippen LogP contribution in [0.25, 0.3) is 121 Å². The Labute approximate surface area is 398 Å². The van der Waals surface area contributed by atoms with Crippen LogP contribution in [0.15, 0.2) is 231 Å². The van der Waals surface area contributed by atoms with Gasteiger partial charge in [0.15, 0.2) is 17.5 Å². The minimum Gasteiger partial charge on any atom is -0.309 e. The summed E-state index contributed by atoms with van der Waals surface area (Å²) in [7, 11) is 0. The van der Waals surface area contributed by atoms with Crippen LogP contribution >= 0.6 is 11.3 Å². The molecule has 0 fully saturated rings. The van der Waals surface area contributed by atoms with Gasteiger partial charge in [0.05, 0.1) is 11.0 Å². The number of thiophene rings is 1. The van der Waals surface area contributed by atoms with Crippen molar-refractivity contribution in [3.8, 4) is 73.0 Å². The summed E-state index contributed by atoms with van der Waals surface area (Å²) < 4.78 is 4.89. The van der Waals surface area contributed by atoms with Crippen molar-refractivity contribution in [1.82, 2.24) is 19.5 Å². The van der Waals surface area contributed by atoms with Gasteiger partial charge >= 0.3 is 0 Å². The summed E-state index contributed by atoms with van der Waals surface area (Å²) in [5, 5.41) is 4.97. The number of nitrogens with zero attached hydrogens (tertiary/aromatic N) is 4. The minimum absolute atomic E-state index is 0.639. The van der Waals surface area contributed by atoms with E-state index in [2.05, 4.69) is 217 Å². The second-order valence-electron chi connectivity index (χ2n) is 17.4. The van der Waals surface area contributed by atoms with Gasteiger partial charge in [0, 0.05) is 58.9 Å². The molecule has 9 aromatic carbocycles. The lowest BCUT2D eigenvalue weighted by molar-refractivity contribution is 1.01. The van der Waals surface area contributed by atoms with E-state index in [0.717, 1.165) is 68.6 Å². The SMILES string of the molecule is C1=CC(c2nc(-c3ccccc3)nc(-c3cc(-c4cc(-c5ccccc5)cc(-c5ccccc5)c4)ccc3-c3cccc4c3sc3cc5c6ccccc6n(-c6ccccc6)c5cc34)n2)=CCC1. The number of rotatable bonds is 8. The molecule has 0 spiro atoms. The fourth-order valence-electron chi connectivity index (χ4n) is 9.98. The molecule has 68 heavy (non-hydrogen) atoms. The topological polar surface area (TPSA) is 43.6 Å². The molecule has 0 N–H and O–H groups in total. The standard InChI is InChI=1S/C63H42N4S/c1-6-19-41(20-7-1)46-35-47(42-21-8-2-9-22-42)37-48(36-46)45-33-34-50(56(38-45)63-65-61(43-23-10-3-11-24-43)64-62(66-63)44-25-12-4-13-26-44)52-30-18-31-53-55-39-58-54(40-59(55)68-60(52)53)51-29-16-17-32-57(51)67(58)49-27-14-5-15-28-49/h1-3,5-12,14-40H,4,13H2. The van der Waals surface area contributed by atoms with Crippen LogP contribution in [-0.4, -0.2) is 19.5 Å². The van der Waals surface area contributed by atoms with Gasteiger partial charge in [-0.1, -0.05) is 176 Å². The smallest absolute Gasteiger partial charge is 0.164 e. The van der Waals surface area contributed by atoms with Crippen LogP contribution in [0.3, 0.4) is 0 Å². The molecule has 4 nitrogen and oxygen atoms in total. The predicted octanol–water partition coefficient (Wildman–Crippen LogP) is 17.1. The lowest BCUT2D eigenvalue weighted by Crippen LogP contribution is -2.04. The molecule has 13 rings (SSSR count). The van der Waals surface area contributed by atoms with Crippen LogP contribution in [0.5, 0.6) is 0 Å². The van der Waals surface area contributed by atoms with Gasteiger partial charge in [-0.25, -0.2) is 15.0 Å². The van der Waals surface area contributed by atoms with Gasteiger partial charge in [-0.05, 0) is 106 Å². The third-order valence-corrected chi connectivity index (χ3v) is 14.5. The summed E-state index contributed by atoms with van der Waals surface area (Å²) in [6, 6.07) is 76.5. The van der Waals surface area contributed by atoms with Crippen molar-refractivity contribution in [1.29, 1.82) is 0 Å². The minimum atomic E-state index is 0.639. The number of hydrogen-bond donors (Lipinski definition) is 0. The van der Waals surface area contributed by atoms with E-state index in [-0.39, 0.29) is 0 Å². The van der Waals surface area contributed by atoms with E-state index in [0.29, 0.717) is 17.5 Å². The Balaban J connectivity index is 1.06. The van der Waals surface area contributed by atoms with Crippen molar-refractivity contribution in [2.45, 2.75) is 12.8 Å². The van der Waals surface area contributed by atoms with Gasteiger partial charge < -0.3 is 4.57 Å². The van der Waals surface area contributed by atoms with Gasteiger partial charge in [-0.2, -0.15) is 0 Å². The number of para-hydroxylation sites is 2. The summed E-state index contributed by atoms with van der Waals surface area (Å²) in [5.74, 6) is 1.97. The van der Waals surface area contributed by atoms with Crippen molar-refractivity contribution < 1.29 is 0 Å². The van der Waals surface area contributed by atoms with Crippen LogP contribution in [0.1, 0.15) is 18.7 Å². The quantitative estimate of drug-likeness (QED) is 0.153. The molecule has 3 aromatic heterocycles. The zero-order chi connectivity index (χ0) is 45.0. The summed E-state index contributed by atoms with van der Waals surface area (Å²) in [6.07, 6.45) is 8.57. The normalized spacial score (nSPS) is 12.6. The zero-order valence-electron chi connectivity index (χ0n) is 37.1. The highest BCUT2D eigenvalue weighted by atomic mass is 32.1. The van der Waals surface area contributed by atoms with Crippen molar-refractivity contribution in [2.24, 2.45) is 0 Å². The monoisotopic (exact) mass is 886 g/mol. The number of benzene rings is 9. The van der Waals surface area contributed by atoms with Crippen molar-refractivity contribution in [3.05, 3.63) is 236 Å². The average molecular weight is 887 g/mol. The molecule has 320 valence electrons. The van der Waals surface area contributed by atoms with Gasteiger partial charge in [0.1, 0.15) is 0 Å². The fourth-order valence-corrected chi connectivity index (χ4v) is 11.2. The first kappa shape index (κ1) is 39.8. The highest BCUT2D eigenvalue weighted by Gasteiger charge is 2.22. The molecular formula is C63H42N4S. The first-order valence-electron chi connectivity index (χ1n) is 23.2. The van der Waals surface area contributed by atoms with E-state index in [9.17, 15) is 0 Å². The van der Waals surface area contributed by atoms with Crippen LogP contribution in [0.4, 0.5) is 0 Å². The van der Waals surface area contributed by atoms with E-state index in [1.165, 1.54) is 53.1 Å². The molecule has 1 aliphatic carbocycles. The van der Waals surface area contributed by atoms with E-state index in [4.69, 9.17) is 15.0 Å². The maximum Gasteiger partial charge on any atom is 0.164 e. The molecule has 3 heterocycles. The Hall–Kier alpha value is -8.51. The molecule has 0 saturated carbocycles. The highest BCUT2D eigenvalue weighted by Crippen LogP contribution is 2.46. The molecule has 0 saturated heterocycles. The number of fused-ring (bicyclic) bond motifs is 6. The largest absolute Gasteiger partial charge is 0.309 e. The lowest BCUT2D eigenvalue weighted by atomic mass is 9.90. The van der Waals surface area contributed by atoms with Crippen LogP contribution in [0.2, 0.25) is 0 Å². The van der Waals surface area contributed by atoms with Gasteiger partial charge in [-0.15, -0.1) is 11.3 Å². The molecule has 1 aliphatic rings. The Morgan fingerprint density at radius 1 is 0.368 bits per heavy atom. The van der Waals surface area contributed by atoms with Gasteiger partial charge in [0.2, 0.25) is 0 Å². The molecular weight excluding hydrogens is 845 g/mol. The summed E-state index contributed by atoms with van der Waals surface area (Å²) in [5.41, 5.74) is 15.6. The van der Waals surface area contributed by atoms with E-state index in [1.54, 1.807) is 0 Å². The molecule has 0 atom stereocenters. The Morgan fingerprint density at radius 2 is 0.985 bits per heavy atom. The molecule has 0 radical (unpaired) electrons. The third kappa shape index (κ3) is 7.03. The molecule has 0 unspecified atom stereocenters. The van der Waals surface area contributed by atoms with Crippen LogP contribution in [-0.2, 0) is 0 Å². The molecule has 0 amide bonds. The van der Waals surface area contributed by atoms with E-state index < -0.39 is 0 Å². The van der Waals surface area contributed by atoms with Crippen LogP contribution < -0.4 is 0 Å². The van der Waals surface area contributed by atoms with Gasteiger partial charge in [-0.3, -0.25) is 0 Å². The molecule has 5 heteroatoms. The van der Waals surface area contributed by atoms with Crippen LogP contribution in [0, 0.1) is 0 Å². The Morgan fingerprint density at radius 3 is 1.69 bits per heavy atom. The molecule has 12 aromatic rings. The zero-order valence-corrected chi connectivity index (χ0v) is 37.9. The first-order valence-corrected chi connectivity index (χ1v) is 24.1. The average Bonchev–Trinajstić information content (AvgIpc) is 3.96. The highest BCUT2D eigenvalue weighted by molar-refractivity contribution is 7.26. The maximum absolute atomic E-state index is 5.38. The number of hydrogen-bond acceptors (Lipinski definition) is 4. The van der Waals surface area contributed by atoms with Crippen molar-refractivity contribution in [3.63, 3.8) is 0 Å². The fraction of sp³-hybridized carbons (Fsp3) is 0.0317. The molecule has 0 aliphatic heterocycles. The van der Waals surface area contributed by atoms with Crippen molar-refractivity contribution in [2.75, 3.05) is 0 Å². The number of allylic oxidation sites excluding steroid dienone is 4. The second kappa shape index (κ2) is 16.7. The third-order valence-electron chi connectivity index (χ3n) is 13.3. The Bertz CT molecular complexity index is 3880. The lowest BCUT2D eigenvalue weighted by Gasteiger charge is -2.16. The number of aromatic nitrogens is 4. The summed E-state index contributed by atoms with van der Waals surface area (Å²) >= 11 is 1.86. The van der Waals surface area contributed by atoms with E-state index in [1.807, 2.05) is 29.5 Å². The predicted molar refractivity (Wildman–Crippen MR) is 286 cm³/mol. The second-order valence-corrected chi connectivity index (χ2v) is 18.5. The molecule has 0 bridgehead atoms.